The average molecular weight is 320 g/mol. The molecule has 1 aliphatic heterocycles. The van der Waals surface area contributed by atoms with E-state index in [4.69, 9.17) is 0 Å². The molecule has 1 atom stereocenters. The maximum absolute atomic E-state index is 12.1. The van der Waals surface area contributed by atoms with Crippen LogP contribution in [-0.4, -0.2) is 39.0 Å². The molecule has 0 saturated heterocycles. The van der Waals surface area contributed by atoms with Crippen molar-refractivity contribution in [2.75, 3.05) is 24.3 Å². The Balaban J connectivity index is 2.72. The normalized spacial score (nSPS) is 22.4. The van der Waals surface area contributed by atoms with E-state index in [1.165, 1.54) is 0 Å². The van der Waals surface area contributed by atoms with Crippen LogP contribution in [0, 0.1) is 6.92 Å². The molecule has 0 fully saturated rings. The number of hydrogen-bond acceptors (Lipinski definition) is 4. The minimum atomic E-state index is -3.31. The van der Waals surface area contributed by atoms with Crippen molar-refractivity contribution in [1.82, 2.24) is 0 Å². The Labute approximate surface area is 109 Å². The second kappa shape index (κ2) is 4.26. The number of halogens is 1. The van der Waals surface area contributed by atoms with Gasteiger partial charge in [-0.15, -0.1) is 0 Å². The summed E-state index contributed by atoms with van der Waals surface area (Å²) in [4.78, 5) is 2.16. The van der Waals surface area contributed by atoms with Crippen LogP contribution in [0.5, 0.6) is 0 Å². The summed E-state index contributed by atoms with van der Waals surface area (Å²) in [5.74, 6) is -0.0388. The van der Waals surface area contributed by atoms with Gasteiger partial charge in [0.1, 0.15) is 0 Å². The Morgan fingerprint density at radius 2 is 2.18 bits per heavy atom. The van der Waals surface area contributed by atoms with Crippen molar-refractivity contribution in [2.24, 2.45) is 0 Å². The molecule has 0 bridgehead atoms. The van der Waals surface area contributed by atoms with E-state index in [0.717, 1.165) is 10.0 Å². The molecule has 2 rings (SSSR count). The van der Waals surface area contributed by atoms with Gasteiger partial charge < -0.3 is 10.0 Å². The minimum absolute atomic E-state index is 0.0388. The number of likely N-dealkylation sites (N-methyl/N-ethyl adjacent to an activating group) is 1. The molecule has 0 spiro atoms. The van der Waals surface area contributed by atoms with E-state index in [2.05, 4.69) is 15.9 Å². The quantitative estimate of drug-likeness (QED) is 0.848. The van der Waals surface area contributed by atoms with Crippen molar-refractivity contribution in [1.29, 1.82) is 0 Å². The van der Waals surface area contributed by atoms with Crippen LogP contribution in [0.3, 0.4) is 0 Å². The van der Waals surface area contributed by atoms with Gasteiger partial charge in [-0.25, -0.2) is 8.42 Å². The molecule has 0 radical (unpaired) electrons. The number of aliphatic hydroxyl groups is 1. The Bertz CT molecular complexity index is 556. The summed E-state index contributed by atoms with van der Waals surface area (Å²) in [7, 11) is -1.51. The van der Waals surface area contributed by atoms with Crippen LogP contribution in [0.1, 0.15) is 5.56 Å². The monoisotopic (exact) mass is 319 g/mol. The van der Waals surface area contributed by atoms with Crippen molar-refractivity contribution in [3.63, 3.8) is 0 Å². The largest absolute Gasteiger partial charge is 0.394 e. The minimum Gasteiger partial charge on any atom is -0.394 e. The molecule has 0 aliphatic carbocycles. The number of hydrogen-bond donors (Lipinski definition) is 1. The van der Waals surface area contributed by atoms with E-state index >= 15 is 0 Å². The summed E-state index contributed by atoms with van der Waals surface area (Å²) in [6.45, 7) is 1.69. The molecule has 0 amide bonds. The lowest BCUT2D eigenvalue weighted by atomic mass is 10.2. The lowest BCUT2D eigenvalue weighted by molar-refractivity contribution is 0.269. The number of aliphatic hydroxyl groups excluding tert-OH is 1. The molecule has 1 aromatic carbocycles. The summed E-state index contributed by atoms with van der Waals surface area (Å²) in [5.41, 5.74) is 1.54. The summed E-state index contributed by atoms with van der Waals surface area (Å²) >= 11 is 3.39. The van der Waals surface area contributed by atoms with E-state index in [9.17, 15) is 13.5 Å². The molecule has 6 heteroatoms. The molecular formula is C11H14BrNO3S. The lowest BCUT2D eigenvalue weighted by Crippen LogP contribution is -2.44. The molecule has 1 unspecified atom stereocenters. The fourth-order valence-corrected chi connectivity index (χ4v) is 5.01. The number of sulfone groups is 1. The summed E-state index contributed by atoms with van der Waals surface area (Å²) < 4.78 is 25.0. The highest BCUT2D eigenvalue weighted by Gasteiger charge is 2.34. The maximum Gasteiger partial charge on any atom is 0.182 e. The zero-order valence-electron chi connectivity index (χ0n) is 9.64. The first kappa shape index (κ1) is 12.9. The van der Waals surface area contributed by atoms with Gasteiger partial charge in [-0.3, -0.25) is 0 Å². The molecule has 0 saturated carbocycles. The van der Waals surface area contributed by atoms with E-state index in [1.54, 1.807) is 13.1 Å². The van der Waals surface area contributed by atoms with Gasteiger partial charge in [0, 0.05) is 11.5 Å². The number of aryl methyl sites for hydroxylation is 1. The summed E-state index contributed by atoms with van der Waals surface area (Å²) in [6.07, 6.45) is 0. The van der Waals surface area contributed by atoms with Crippen LogP contribution in [0.2, 0.25) is 0 Å². The molecule has 1 heterocycles. The number of anilines is 1. The van der Waals surface area contributed by atoms with Crippen molar-refractivity contribution in [3.8, 4) is 0 Å². The van der Waals surface area contributed by atoms with Crippen LogP contribution in [0.15, 0.2) is 21.5 Å². The van der Waals surface area contributed by atoms with Gasteiger partial charge in [0.2, 0.25) is 0 Å². The third-order valence-corrected chi connectivity index (χ3v) is 5.44. The SMILES string of the molecule is Cc1cc(Br)c2c(c1)S(=O)(=O)CC(CO)N2C. The predicted octanol–water partition coefficient (Wildman–Crippen LogP) is 1.34. The van der Waals surface area contributed by atoms with Crippen molar-refractivity contribution >= 4 is 31.5 Å². The van der Waals surface area contributed by atoms with E-state index in [0.29, 0.717) is 10.6 Å². The first-order valence-electron chi connectivity index (χ1n) is 5.23. The molecule has 4 nitrogen and oxygen atoms in total. The highest BCUT2D eigenvalue weighted by molar-refractivity contribution is 9.10. The second-order valence-electron chi connectivity index (χ2n) is 4.32. The Morgan fingerprint density at radius 3 is 2.76 bits per heavy atom. The molecule has 1 aliphatic rings. The number of fused-ring (bicyclic) bond motifs is 1. The van der Waals surface area contributed by atoms with Gasteiger partial charge in [-0.1, -0.05) is 0 Å². The van der Waals surface area contributed by atoms with Crippen molar-refractivity contribution in [3.05, 3.63) is 22.2 Å². The molecule has 0 aromatic heterocycles. The first-order valence-corrected chi connectivity index (χ1v) is 7.68. The Kier molecular flexibility index (Phi) is 3.22. The third kappa shape index (κ3) is 2.09. The zero-order valence-corrected chi connectivity index (χ0v) is 12.0. The van der Waals surface area contributed by atoms with Gasteiger partial charge in [0.15, 0.2) is 9.84 Å². The predicted molar refractivity (Wildman–Crippen MR) is 70.2 cm³/mol. The smallest absolute Gasteiger partial charge is 0.182 e. The van der Waals surface area contributed by atoms with Crippen molar-refractivity contribution in [2.45, 2.75) is 17.9 Å². The molecule has 1 aromatic rings. The molecule has 1 N–H and O–H groups in total. The topological polar surface area (TPSA) is 57.6 Å². The highest BCUT2D eigenvalue weighted by Crippen LogP contribution is 2.39. The first-order chi connectivity index (χ1) is 7.86. The fraction of sp³-hybridized carbons (Fsp3) is 0.455. The van der Waals surface area contributed by atoms with Crippen LogP contribution in [0.25, 0.3) is 0 Å². The average Bonchev–Trinajstić information content (AvgIpc) is 2.22. The fourth-order valence-electron chi connectivity index (χ4n) is 2.09. The van der Waals surface area contributed by atoms with Crippen LogP contribution >= 0.6 is 15.9 Å². The summed E-state index contributed by atoms with van der Waals surface area (Å²) in [5, 5.41) is 9.24. The molecular weight excluding hydrogens is 306 g/mol. The molecule has 17 heavy (non-hydrogen) atoms. The lowest BCUT2D eigenvalue weighted by Gasteiger charge is -2.35. The standard InChI is InChI=1S/C11H14BrNO3S/c1-7-3-9(12)11-10(4-7)17(15,16)6-8(5-14)13(11)2/h3-4,8,14H,5-6H2,1-2H3. The van der Waals surface area contributed by atoms with Gasteiger partial charge in [-0.2, -0.15) is 0 Å². The zero-order chi connectivity index (χ0) is 12.8. The Morgan fingerprint density at radius 1 is 1.53 bits per heavy atom. The molecule has 94 valence electrons. The highest BCUT2D eigenvalue weighted by atomic mass is 79.9. The van der Waals surface area contributed by atoms with Crippen molar-refractivity contribution < 1.29 is 13.5 Å². The van der Waals surface area contributed by atoms with Gasteiger partial charge >= 0.3 is 0 Å². The number of nitrogens with zero attached hydrogens (tertiary/aromatic N) is 1. The second-order valence-corrected chi connectivity index (χ2v) is 7.18. The van der Waals surface area contributed by atoms with Crippen LogP contribution in [0.4, 0.5) is 5.69 Å². The Hall–Kier alpha value is -0.590. The van der Waals surface area contributed by atoms with Crippen LogP contribution in [-0.2, 0) is 9.84 Å². The maximum atomic E-state index is 12.1. The van der Waals surface area contributed by atoms with Gasteiger partial charge in [-0.05, 0) is 40.5 Å². The van der Waals surface area contributed by atoms with Gasteiger partial charge in [0.25, 0.3) is 0 Å². The number of benzene rings is 1. The number of rotatable bonds is 1. The van der Waals surface area contributed by atoms with Gasteiger partial charge in [0.05, 0.1) is 29.0 Å². The van der Waals surface area contributed by atoms with E-state index in [-0.39, 0.29) is 18.4 Å². The third-order valence-electron chi connectivity index (χ3n) is 3.03. The van der Waals surface area contributed by atoms with Crippen LogP contribution < -0.4 is 4.90 Å². The van der Waals surface area contributed by atoms with E-state index in [1.807, 2.05) is 17.9 Å². The summed E-state index contributed by atoms with van der Waals surface area (Å²) in [6, 6.07) is 3.18. The van der Waals surface area contributed by atoms with E-state index < -0.39 is 9.84 Å².